The van der Waals surface area contributed by atoms with Gasteiger partial charge in [-0.25, -0.2) is 0 Å². The number of amides is 2. The third-order valence-electron chi connectivity index (χ3n) is 2.25. The first-order valence-electron chi connectivity index (χ1n) is 5.26. The lowest BCUT2D eigenvalue weighted by molar-refractivity contribution is -0.142. The van der Waals surface area contributed by atoms with Gasteiger partial charge in [0.2, 0.25) is 0 Å². The number of aliphatic hydroxyl groups excluding tert-OH is 1. The minimum atomic E-state index is -0.782. The molecule has 0 fully saturated rings. The van der Waals surface area contributed by atoms with Crippen molar-refractivity contribution < 1.29 is 14.7 Å². The van der Waals surface area contributed by atoms with E-state index in [4.69, 9.17) is 10.4 Å². The van der Waals surface area contributed by atoms with Crippen molar-refractivity contribution in [1.29, 1.82) is 5.26 Å². The van der Waals surface area contributed by atoms with Crippen LogP contribution in [0.1, 0.15) is 5.56 Å². The predicted octanol–water partition coefficient (Wildman–Crippen LogP) is -0.0525. The van der Waals surface area contributed by atoms with Gasteiger partial charge in [-0.05, 0) is 24.3 Å². The Morgan fingerprint density at radius 3 is 2.50 bits per heavy atom. The molecule has 0 aliphatic carbocycles. The summed E-state index contributed by atoms with van der Waals surface area (Å²) in [5, 5.41) is 19.7. The van der Waals surface area contributed by atoms with E-state index in [2.05, 4.69) is 5.32 Å². The number of carbonyl (C=O) groups excluding carboxylic acids is 2. The van der Waals surface area contributed by atoms with E-state index in [9.17, 15) is 9.59 Å². The number of hydrogen-bond donors (Lipinski definition) is 2. The van der Waals surface area contributed by atoms with Gasteiger partial charge in [0.25, 0.3) is 0 Å². The maximum atomic E-state index is 11.5. The van der Waals surface area contributed by atoms with Gasteiger partial charge in [0.05, 0.1) is 18.2 Å². The molecule has 18 heavy (non-hydrogen) atoms. The van der Waals surface area contributed by atoms with Gasteiger partial charge in [-0.15, -0.1) is 0 Å². The molecule has 0 bridgehead atoms. The van der Waals surface area contributed by atoms with Crippen molar-refractivity contribution in [3.8, 4) is 6.07 Å². The molecule has 0 aliphatic rings. The molecule has 1 aromatic rings. The molecule has 0 aromatic heterocycles. The first-order chi connectivity index (χ1) is 8.58. The third-order valence-corrected chi connectivity index (χ3v) is 2.25. The highest BCUT2D eigenvalue weighted by Crippen LogP contribution is 2.08. The molecule has 94 valence electrons. The Morgan fingerprint density at radius 2 is 2.00 bits per heavy atom. The monoisotopic (exact) mass is 247 g/mol. The fourth-order valence-corrected chi connectivity index (χ4v) is 1.24. The quantitative estimate of drug-likeness (QED) is 0.732. The molecule has 6 nitrogen and oxygen atoms in total. The van der Waals surface area contributed by atoms with Gasteiger partial charge in [0.1, 0.15) is 0 Å². The molecule has 1 rings (SSSR count). The van der Waals surface area contributed by atoms with Crippen molar-refractivity contribution in [3.05, 3.63) is 29.8 Å². The van der Waals surface area contributed by atoms with E-state index in [0.29, 0.717) is 11.3 Å². The minimum absolute atomic E-state index is 0.0968. The zero-order valence-electron chi connectivity index (χ0n) is 9.88. The molecule has 0 radical (unpaired) electrons. The van der Waals surface area contributed by atoms with Crippen LogP contribution in [0.15, 0.2) is 24.3 Å². The molecular formula is C12H13N3O3. The van der Waals surface area contributed by atoms with Crippen molar-refractivity contribution in [2.24, 2.45) is 0 Å². The first-order valence-corrected chi connectivity index (χ1v) is 5.26. The molecule has 1 aromatic carbocycles. The van der Waals surface area contributed by atoms with Gasteiger partial charge in [-0.2, -0.15) is 5.26 Å². The highest BCUT2D eigenvalue weighted by molar-refractivity contribution is 6.39. The molecule has 0 saturated carbocycles. The van der Waals surface area contributed by atoms with Crippen molar-refractivity contribution in [3.63, 3.8) is 0 Å². The van der Waals surface area contributed by atoms with E-state index in [1.165, 1.54) is 31.3 Å². The second-order valence-corrected chi connectivity index (χ2v) is 3.59. The molecular weight excluding hydrogens is 234 g/mol. The molecule has 2 amide bonds. The van der Waals surface area contributed by atoms with Crippen LogP contribution in [0.4, 0.5) is 5.69 Å². The van der Waals surface area contributed by atoms with E-state index < -0.39 is 11.8 Å². The molecule has 0 aliphatic heterocycles. The minimum Gasteiger partial charge on any atom is -0.395 e. The summed E-state index contributed by atoms with van der Waals surface area (Å²) in [6, 6.07) is 8.10. The highest BCUT2D eigenvalue weighted by Gasteiger charge is 2.17. The number of nitriles is 1. The van der Waals surface area contributed by atoms with Crippen LogP contribution in [0.2, 0.25) is 0 Å². The molecule has 0 unspecified atom stereocenters. The zero-order valence-corrected chi connectivity index (χ0v) is 9.88. The largest absolute Gasteiger partial charge is 0.395 e. The average Bonchev–Trinajstić information content (AvgIpc) is 2.39. The number of benzene rings is 1. The second kappa shape index (κ2) is 6.37. The SMILES string of the molecule is CN(CCO)C(=O)C(=O)Nc1ccc(C#N)cc1. The lowest BCUT2D eigenvalue weighted by Crippen LogP contribution is -2.38. The Labute approximate surface area is 104 Å². The fraction of sp³-hybridized carbons (Fsp3) is 0.250. The normalized spacial score (nSPS) is 9.39. The lowest BCUT2D eigenvalue weighted by Gasteiger charge is -2.14. The van der Waals surface area contributed by atoms with Gasteiger partial charge in [-0.3, -0.25) is 9.59 Å². The topological polar surface area (TPSA) is 93.4 Å². The average molecular weight is 247 g/mol. The summed E-state index contributed by atoms with van der Waals surface area (Å²) < 4.78 is 0. The van der Waals surface area contributed by atoms with E-state index in [-0.39, 0.29) is 13.2 Å². The van der Waals surface area contributed by atoms with Crippen LogP contribution in [-0.2, 0) is 9.59 Å². The summed E-state index contributed by atoms with van der Waals surface area (Å²) in [6.45, 7) is -0.105. The number of nitrogens with one attached hydrogen (secondary N) is 1. The van der Waals surface area contributed by atoms with E-state index >= 15 is 0 Å². The number of carbonyl (C=O) groups is 2. The van der Waals surface area contributed by atoms with Crippen molar-refractivity contribution in [2.75, 3.05) is 25.5 Å². The van der Waals surface area contributed by atoms with Gasteiger partial charge in [0, 0.05) is 19.3 Å². The number of aliphatic hydroxyl groups is 1. The Kier molecular flexibility index (Phi) is 4.84. The maximum Gasteiger partial charge on any atom is 0.313 e. The summed E-state index contributed by atoms with van der Waals surface area (Å²) in [4.78, 5) is 24.2. The Morgan fingerprint density at radius 1 is 1.39 bits per heavy atom. The van der Waals surface area contributed by atoms with E-state index in [1.807, 2.05) is 6.07 Å². The number of nitrogens with zero attached hydrogens (tertiary/aromatic N) is 2. The summed E-state index contributed by atoms with van der Waals surface area (Å²) >= 11 is 0. The Balaban J connectivity index is 2.64. The third kappa shape index (κ3) is 3.57. The maximum absolute atomic E-state index is 11.5. The van der Waals surface area contributed by atoms with Crippen molar-refractivity contribution >= 4 is 17.5 Å². The number of likely N-dealkylation sites (N-methyl/N-ethyl adjacent to an activating group) is 1. The van der Waals surface area contributed by atoms with Crippen LogP contribution < -0.4 is 5.32 Å². The van der Waals surface area contributed by atoms with Crippen LogP contribution >= 0.6 is 0 Å². The van der Waals surface area contributed by atoms with Gasteiger partial charge in [-0.1, -0.05) is 0 Å². The Hall–Kier alpha value is -2.39. The molecule has 0 atom stereocenters. The highest BCUT2D eigenvalue weighted by atomic mass is 16.3. The summed E-state index contributed by atoms with van der Waals surface area (Å²) in [6.07, 6.45) is 0. The van der Waals surface area contributed by atoms with Crippen LogP contribution in [0.5, 0.6) is 0 Å². The number of rotatable bonds is 3. The van der Waals surface area contributed by atoms with Crippen molar-refractivity contribution in [1.82, 2.24) is 4.90 Å². The standard InChI is InChI=1S/C12H13N3O3/c1-15(6-7-16)12(18)11(17)14-10-4-2-9(8-13)3-5-10/h2-5,16H,6-7H2,1H3,(H,14,17). The first kappa shape index (κ1) is 13.7. The second-order valence-electron chi connectivity index (χ2n) is 3.59. The lowest BCUT2D eigenvalue weighted by atomic mass is 10.2. The summed E-state index contributed by atoms with van der Waals surface area (Å²) in [5.41, 5.74) is 0.904. The summed E-state index contributed by atoms with van der Waals surface area (Å²) in [5.74, 6) is -1.51. The predicted molar refractivity (Wildman–Crippen MR) is 64.5 cm³/mol. The van der Waals surface area contributed by atoms with E-state index in [0.717, 1.165) is 4.90 Å². The molecule has 2 N–H and O–H groups in total. The molecule has 0 heterocycles. The van der Waals surface area contributed by atoms with Gasteiger partial charge in [0.15, 0.2) is 0 Å². The van der Waals surface area contributed by atoms with Crippen LogP contribution in [0, 0.1) is 11.3 Å². The zero-order chi connectivity index (χ0) is 13.5. The van der Waals surface area contributed by atoms with Gasteiger partial charge >= 0.3 is 11.8 Å². The molecule has 6 heteroatoms. The van der Waals surface area contributed by atoms with Crippen LogP contribution in [0.25, 0.3) is 0 Å². The smallest absolute Gasteiger partial charge is 0.313 e. The van der Waals surface area contributed by atoms with Gasteiger partial charge < -0.3 is 15.3 Å². The Bertz CT molecular complexity index is 476. The number of anilines is 1. The van der Waals surface area contributed by atoms with Crippen LogP contribution in [-0.4, -0.2) is 42.0 Å². The van der Waals surface area contributed by atoms with E-state index in [1.54, 1.807) is 0 Å². The molecule has 0 spiro atoms. The fourth-order valence-electron chi connectivity index (χ4n) is 1.24. The molecule has 0 saturated heterocycles. The summed E-state index contributed by atoms with van der Waals surface area (Å²) in [7, 11) is 1.43. The van der Waals surface area contributed by atoms with Crippen LogP contribution in [0.3, 0.4) is 0 Å². The number of hydrogen-bond acceptors (Lipinski definition) is 4. The van der Waals surface area contributed by atoms with Crippen molar-refractivity contribution in [2.45, 2.75) is 0 Å².